The Kier molecular flexibility index (Phi) is 1.08. The molecule has 5 heavy (non-hydrogen) atoms. The van der Waals surface area contributed by atoms with E-state index in [0.29, 0.717) is 0 Å². The molecule has 0 aromatic rings. The van der Waals surface area contributed by atoms with Crippen molar-refractivity contribution in [3.63, 3.8) is 0 Å². The van der Waals surface area contributed by atoms with Crippen LogP contribution in [0.3, 0.4) is 0 Å². The van der Waals surface area contributed by atoms with Crippen molar-refractivity contribution < 1.29 is 5.11 Å². The van der Waals surface area contributed by atoms with Crippen LogP contribution in [0.25, 0.3) is 0 Å². The van der Waals surface area contributed by atoms with Crippen LogP contribution in [-0.2, 0) is 0 Å². The molecule has 0 saturated carbocycles. The van der Waals surface area contributed by atoms with Gasteiger partial charge in [-0.05, 0) is 0 Å². The summed E-state index contributed by atoms with van der Waals surface area (Å²) in [7, 11) is 3.24. The molecule has 0 aliphatic carbocycles. The van der Waals surface area contributed by atoms with Crippen LogP contribution in [-0.4, -0.2) is 16.3 Å². The Morgan fingerprint density at radius 3 is 2.20 bits per heavy atom. The maximum absolute atomic E-state index is 8.39. The van der Waals surface area contributed by atoms with Crippen molar-refractivity contribution in [1.82, 2.24) is 0 Å². The molecular formula is C2H4OS2. The Labute approximate surface area is 38.5 Å². The summed E-state index contributed by atoms with van der Waals surface area (Å²) in [6.45, 7) is 0. The minimum absolute atomic E-state index is 0.0556. The summed E-state index contributed by atoms with van der Waals surface area (Å²) in [4.78, 5) is 0. The average molecular weight is 108 g/mol. The van der Waals surface area contributed by atoms with Crippen molar-refractivity contribution in [3.8, 4) is 0 Å². The normalized spacial score (nSPS) is 36.6. The topological polar surface area (TPSA) is 20.2 Å². The summed E-state index contributed by atoms with van der Waals surface area (Å²) in [6, 6.07) is 0. The maximum Gasteiger partial charge on any atom is 0.119 e. The lowest BCUT2D eigenvalue weighted by atomic mass is 10.9. The third kappa shape index (κ3) is 0.743. The van der Waals surface area contributed by atoms with Crippen molar-refractivity contribution in [1.29, 1.82) is 0 Å². The van der Waals surface area contributed by atoms with E-state index in [2.05, 4.69) is 0 Å². The lowest BCUT2D eigenvalue weighted by molar-refractivity contribution is 0.286. The molecule has 30 valence electrons. The van der Waals surface area contributed by atoms with E-state index in [0.717, 1.165) is 5.75 Å². The van der Waals surface area contributed by atoms with E-state index in [4.69, 9.17) is 5.11 Å². The quantitative estimate of drug-likeness (QED) is 0.461. The van der Waals surface area contributed by atoms with Gasteiger partial charge in [-0.3, -0.25) is 0 Å². The third-order valence-corrected chi connectivity index (χ3v) is 3.06. The first-order valence-electron chi connectivity index (χ1n) is 1.36. The first-order chi connectivity index (χ1) is 2.39. The minimum Gasteiger partial charge on any atom is -0.381 e. The second kappa shape index (κ2) is 1.41. The number of aliphatic hydroxyl groups excluding tert-OH is 1. The van der Waals surface area contributed by atoms with E-state index in [-0.39, 0.29) is 5.44 Å². The van der Waals surface area contributed by atoms with Gasteiger partial charge in [0.1, 0.15) is 5.44 Å². The van der Waals surface area contributed by atoms with Gasteiger partial charge in [0.25, 0.3) is 0 Å². The number of rotatable bonds is 0. The van der Waals surface area contributed by atoms with Crippen LogP contribution >= 0.6 is 21.6 Å². The van der Waals surface area contributed by atoms with Crippen molar-refractivity contribution in [2.45, 2.75) is 5.44 Å². The molecule has 0 aromatic carbocycles. The van der Waals surface area contributed by atoms with Gasteiger partial charge >= 0.3 is 0 Å². The van der Waals surface area contributed by atoms with Crippen LogP contribution < -0.4 is 0 Å². The van der Waals surface area contributed by atoms with Crippen LogP contribution in [0.1, 0.15) is 0 Å². The van der Waals surface area contributed by atoms with Gasteiger partial charge in [-0.2, -0.15) is 0 Å². The zero-order valence-electron chi connectivity index (χ0n) is 2.55. The van der Waals surface area contributed by atoms with E-state index >= 15 is 0 Å². The highest BCUT2D eigenvalue weighted by atomic mass is 33.1. The van der Waals surface area contributed by atoms with Gasteiger partial charge < -0.3 is 5.11 Å². The smallest absolute Gasteiger partial charge is 0.119 e. The molecular weight excluding hydrogens is 104 g/mol. The highest BCUT2D eigenvalue weighted by Crippen LogP contribution is 2.38. The first kappa shape index (κ1) is 3.84. The first-order valence-corrected chi connectivity index (χ1v) is 3.74. The van der Waals surface area contributed by atoms with Crippen molar-refractivity contribution in [3.05, 3.63) is 0 Å². The Bertz CT molecular complexity index is 34.6. The number of aliphatic hydroxyl groups is 1. The fraction of sp³-hybridized carbons (Fsp3) is 1.00. The van der Waals surface area contributed by atoms with Gasteiger partial charge in [0.05, 0.1) is 0 Å². The van der Waals surface area contributed by atoms with E-state index in [1.54, 1.807) is 10.8 Å². The Balaban J connectivity index is 2.08. The van der Waals surface area contributed by atoms with Gasteiger partial charge in [0.15, 0.2) is 0 Å². The lowest BCUT2D eigenvalue weighted by Gasteiger charge is -2.15. The van der Waals surface area contributed by atoms with E-state index < -0.39 is 0 Å². The zero-order chi connectivity index (χ0) is 3.70. The minimum atomic E-state index is -0.0556. The average Bonchev–Trinajstić information content (AvgIpc) is 1.30. The molecule has 1 aliphatic rings. The SMILES string of the molecule is OC1CSS1. The number of hydrogen-bond donors (Lipinski definition) is 1. The second-order valence-corrected chi connectivity index (χ2v) is 3.43. The van der Waals surface area contributed by atoms with Crippen LogP contribution in [0.2, 0.25) is 0 Å². The van der Waals surface area contributed by atoms with Crippen molar-refractivity contribution in [2.24, 2.45) is 0 Å². The van der Waals surface area contributed by atoms with E-state index in [1.807, 2.05) is 0 Å². The van der Waals surface area contributed by atoms with Gasteiger partial charge in [0.2, 0.25) is 0 Å². The Morgan fingerprint density at radius 2 is 2.20 bits per heavy atom. The molecule has 1 atom stereocenters. The third-order valence-electron chi connectivity index (χ3n) is 0.390. The molecule has 0 amide bonds. The molecule has 1 rings (SSSR count). The van der Waals surface area contributed by atoms with Gasteiger partial charge in [-0.25, -0.2) is 0 Å². The molecule has 1 saturated heterocycles. The molecule has 1 fully saturated rings. The fourth-order valence-electron chi connectivity index (χ4n) is 0.129. The Hall–Kier alpha value is 0.660. The summed E-state index contributed by atoms with van der Waals surface area (Å²) >= 11 is 0. The molecule has 0 aromatic heterocycles. The van der Waals surface area contributed by atoms with Crippen molar-refractivity contribution >= 4 is 21.6 Å². The fourth-order valence-corrected chi connectivity index (χ4v) is 1.16. The Morgan fingerprint density at radius 1 is 1.80 bits per heavy atom. The summed E-state index contributed by atoms with van der Waals surface area (Å²) in [6.07, 6.45) is 0. The van der Waals surface area contributed by atoms with Gasteiger partial charge in [-0.15, -0.1) is 0 Å². The highest BCUT2D eigenvalue weighted by Gasteiger charge is 2.13. The summed E-state index contributed by atoms with van der Waals surface area (Å²) < 4.78 is 0. The predicted molar refractivity (Wildman–Crippen MR) is 26.1 cm³/mol. The van der Waals surface area contributed by atoms with E-state index in [1.165, 1.54) is 10.8 Å². The summed E-state index contributed by atoms with van der Waals surface area (Å²) in [5, 5.41) is 8.39. The molecule has 0 spiro atoms. The standard InChI is InChI=1S/C2H4OS2/c3-2-1-4-5-2/h2-3H,1H2. The van der Waals surface area contributed by atoms with E-state index in [9.17, 15) is 0 Å². The van der Waals surface area contributed by atoms with Crippen LogP contribution in [0.15, 0.2) is 0 Å². The second-order valence-electron chi connectivity index (χ2n) is 0.835. The van der Waals surface area contributed by atoms with Crippen molar-refractivity contribution in [2.75, 3.05) is 5.75 Å². The largest absolute Gasteiger partial charge is 0.381 e. The highest BCUT2D eigenvalue weighted by molar-refractivity contribution is 8.79. The van der Waals surface area contributed by atoms with Gasteiger partial charge in [0, 0.05) is 5.75 Å². The molecule has 1 unspecified atom stereocenters. The van der Waals surface area contributed by atoms with Gasteiger partial charge in [-0.1, -0.05) is 21.6 Å². The van der Waals surface area contributed by atoms with Crippen LogP contribution in [0.5, 0.6) is 0 Å². The number of hydrogen-bond acceptors (Lipinski definition) is 3. The molecule has 1 heterocycles. The van der Waals surface area contributed by atoms with Crippen LogP contribution in [0.4, 0.5) is 0 Å². The summed E-state index contributed by atoms with van der Waals surface area (Å²) in [5.41, 5.74) is -0.0556. The van der Waals surface area contributed by atoms with Crippen LogP contribution in [0, 0.1) is 0 Å². The molecule has 0 bridgehead atoms. The monoisotopic (exact) mass is 108 g/mol. The summed E-state index contributed by atoms with van der Waals surface area (Å²) in [5.74, 6) is 0.921. The predicted octanol–water partition coefficient (Wildman–Crippen LogP) is 0.700. The molecule has 0 radical (unpaired) electrons. The molecule has 1 aliphatic heterocycles. The zero-order valence-corrected chi connectivity index (χ0v) is 4.18. The molecule has 1 nitrogen and oxygen atoms in total. The lowest BCUT2D eigenvalue weighted by Crippen LogP contribution is -2.09. The molecule has 1 N–H and O–H groups in total. The maximum atomic E-state index is 8.39. The molecule has 3 heteroatoms.